The second kappa shape index (κ2) is 5.92. The van der Waals surface area contributed by atoms with Crippen LogP contribution in [-0.2, 0) is 0 Å². The SMILES string of the molecule is CC(CNc1ccc(N)cc1C#N)c1ccccc1. The van der Waals surface area contributed by atoms with Gasteiger partial charge in [0.25, 0.3) is 0 Å². The van der Waals surface area contributed by atoms with Crippen molar-refractivity contribution in [1.82, 2.24) is 0 Å². The predicted octanol–water partition coefficient (Wildman–Crippen LogP) is 3.36. The van der Waals surface area contributed by atoms with E-state index in [1.807, 2.05) is 24.3 Å². The molecule has 3 heteroatoms. The first kappa shape index (κ1) is 13.0. The van der Waals surface area contributed by atoms with Crippen LogP contribution in [0.15, 0.2) is 48.5 Å². The highest BCUT2D eigenvalue weighted by atomic mass is 14.9. The van der Waals surface area contributed by atoms with Gasteiger partial charge in [-0.05, 0) is 29.7 Å². The summed E-state index contributed by atoms with van der Waals surface area (Å²) in [5.41, 5.74) is 8.98. The maximum absolute atomic E-state index is 9.08. The van der Waals surface area contributed by atoms with Crippen molar-refractivity contribution in [2.24, 2.45) is 0 Å². The van der Waals surface area contributed by atoms with Crippen molar-refractivity contribution < 1.29 is 0 Å². The van der Waals surface area contributed by atoms with Gasteiger partial charge in [-0.1, -0.05) is 37.3 Å². The molecule has 0 aliphatic rings. The van der Waals surface area contributed by atoms with Gasteiger partial charge in [0, 0.05) is 12.2 Å². The average Bonchev–Trinajstić information content (AvgIpc) is 2.46. The summed E-state index contributed by atoms with van der Waals surface area (Å²) in [7, 11) is 0. The van der Waals surface area contributed by atoms with E-state index in [1.165, 1.54) is 5.56 Å². The number of anilines is 2. The van der Waals surface area contributed by atoms with Crippen LogP contribution in [0.25, 0.3) is 0 Å². The molecule has 0 saturated heterocycles. The fourth-order valence-electron chi connectivity index (χ4n) is 1.97. The largest absolute Gasteiger partial charge is 0.399 e. The molecule has 3 N–H and O–H groups in total. The second-order valence-electron chi connectivity index (χ2n) is 4.61. The zero-order valence-electron chi connectivity index (χ0n) is 10.9. The van der Waals surface area contributed by atoms with Gasteiger partial charge in [-0.2, -0.15) is 5.26 Å². The smallest absolute Gasteiger partial charge is 0.101 e. The van der Waals surface area contributed by atoms with Crippen LogP contribution < -0.4 is 11.1 Å². The van der Waals surface area contributed by atoms with E-state index in [9.17, 15) is 0 Å². The van der Waals surface area contributed by atoms with E-state index >= 15 is 0 Å². The van der Waals surface area contributed by atoms with Crippen molar-refractivity contribution in [3.63, 3.8) is 0 Å². The molecule has 0 aliphatic heterocycles. The number of nitrogen functional groups attached to an aromatic ring is 1. The Kier molecular flexibility index (Phi) is 4.04. The first-order valence-corrected chi connectivity index (χ1v) is 6.29. The molecule has 0 bridgehead atoms. The fraction of sp³-hybridized carbons (Fsp3) is 0.188. The lowest BCUT2D eigenvalue weighted by atomic mass is 10.0. The van der Waals surface area contributed by atoms with Crippen LogP contribution in [0, 0.1) is 11.3 Å². The molecule has 0 amide bonds. The van der Waals surface area contributed by atoms with Gasteiger partial charge >= 0.3 is 0 Å². The lowest BCUT2D eigenvalue weighted by Gasteiger charge is -2.15. The van der Waals surface area contributed by atoms with Crippen LogP contribution in [0.2, 0.25) is 0 Å². The summed E-state index contributed by atoms with van der Waals surface area (Å²) in [6.07, 6.45) is 0. The van der Waals surface area contributed by atoms with Gasteiger partial charge in [-0.25, -0.2) is 0 Å². The Labute approximate surface area is 113 Å². The molecule has 2 aromatic carbocycles. The first-order valence-electron chi connectivity index (χ1n) is 6.29. The molecule has 1 atom stereocenters. The van der Waals surface area contributed by atoms with Gasteiger partial charge in [0.15, 0.2) is 0 Å². The average molecular weight is 251 g/mol. The Hall–Kier alpha value is -2.47. The van der Waals surface area contributed by atoms with Gasteiger partial charge in [0.2, 0.25) is 0 Å². The minimum atomic E-state index is 0.380. The van der Waals surface area contributed by atoms with Crippen LogP contribution >= 0.6 is 0 Å². The monoisotopic (exact) mass is 251 g/mol. The van der Waals surface area contributed by atoms with Gasteiger partial charge in [0.1, 0.15) is 6.07 Å². The number of nitrogens with two attached hydrogens (primary N) is 1. The van der Waals surface area contributed by atoms with E-state index < -0.39 is 0 Å². The molecule has 0 aliphatic carbocycles. The van der Waals surface area contributed by atoms with Crippen LogP contribution in [0.3, 0.4) is 0 Å². The highest BCUT2D eigenvalue weighted by Crippen LogP contribution is 2.20. The third-order valence-electron chi connectivity index (χ3n) is 3.13. The van der Waals surface area contributed by atoms with E-state index in [4.69, 9.17) is 11.0 Å². The van der Waals surface area contributed by atoms with Crippen LogP contribution in [0.1, 0.15) is 24.0 Å². The van der Waals surface area contributed by atoms with Crippen molar-refractivity contribution in [1.29, 1.82) is 5.26 Å². The van der Waals surface area contributed by atoms with E-state index in [0.717, 1.165) is 12.2 Å². The number of hydrogen-bond acceptors (Lipinski definition) is 3. The summed E-state index contributed by atoms with van der Waals surface area (Å²) in [5, 5.41) is 12.4. The first-order chi connectivity index (χ1) is 9.20. The van der Waals surface area contributed by atoms with E-state index in [2.05, 4.69) is 30.4 Å². The number of benzene rings is 2. The molecule has 0 heterocycles. The quantitative estimate of drug-likeness (QED) is 0.819. The summed E-state index contributed by atoms with van der Waals surface area (Å²) >= 11 is 0. The summed E-state index contributed by atoms with van der Waals surface area (Å²) in [6.45, 7) is 2.94. The molecular weight excluding hydrogens is 234 g/mol. The second-order valence-corrected chi connectivity index (χ2v) is 4.61. The number of nitrogens with one attached hydrogen (secondary N) is 1. The number of nitrogens with zero attached hydrogens (tertiary/aromatic N) is 1. The molecule has 19 heavy (non-hydrogen) atoms. The summed E-state index contributed by atoms with van der Waals surface area (Å²) in [6, 6.07) is 17.8. The molecule has 0 aromatic heterocycles. The number of hydrogen-bond donors (Lipinski definition) is 2. The summed E-state index contributed by atoms with van der Waals surface area (Å²) in [5.74, 6) is 0.380. The van der Waals surface area contributed by atoms with Crippen LogP contribution in [0.4, 0.5) is 11.4 Å². The van der Waals surface area contributed by atoms with Crippen molar-refractivity contribution in [3.8, 4) is 6.07 Å². The van der Waals surface area contributed by atoms with E-state index in [1.54, 1.807) is 12.1 Å². The third kappa shape index (κ3) is 3.26. The highest BCUT2D eigenvalue weighted by molar-refractivity contribution is 5.63. The zero-order chi connectivity index (χ0) is 13.7. The molecular formula is C16H17N3. The van der Waals surface area contributed by atoms with Gasteiger partial charge in [-0.15, -0.1) is 0 Å². The Morgan fingerprint density at radius 2 is 1.95 bits per heavy atom. The zero-order valence-corrected chi connectivity index (χ0v) is 10.9. The fourth-order valence-corrected chi connectivity index (χ4v) is 1.97. The Balaban J connectivity index is 2.05. The van der Waals surface area contributed by atoms with Crippen molar-refractivity contribution in [2.75, 3.05) is 17.6 Å². The number of rotatable bonds is 4. The maximum Gasteiger partial charge on any atom is 0.101 e. The third-order valence-corrected chi connectivity index (χ3v) is 3.13. The minimum Gasteiger partial charge on any atom is -0.399 e. The van der Waals surface area contributed by atoms with Crippen molar-refractivity contribution >= 4 is 11.4 Å². The minimum absolute atomic E-state index is 0.380. The van der Waals surface area contributed by atoms with Crippen molar-refractivity contribution in [2.45, 2.75) is 12.8 Å². The lowest BCUT2D eigenvalue weighted by molar-refractivity contribution is 0.805. The maximum atomic E-state index is 9.08. The standard InChI is InChI=1S/C16H17N3/c1-12(13-5-3-2-4-6-13)11-19-16-8-7-15(18)9-14(16)10-17/h2-9,12,19H,11,18H2,1H3. The summed E-state index contributed by atoms with van der Waals surface area (Å²) < 4.78 is 0. The molecule has 96 valence electrons. The number of nitriles is 1. The van der Waals surface area contributed by atoms with E-state index in [-0.39, 0.29) is 0 Å². The molecule has 0 saturated carbocycles. The highest BCUT2D eigenvalue weighted by Gasteiger charge is 2.07. The molecule has 2 rings (SSSR count). The van der Waals surface area contributed by atoms with Gasteiger partial charge < -0.3 is 11.1 Å². The van der Waals surface area contributed by atoms with Crippen molar-refractivity contribution in [3.05, 3.63) is 59.7 Å². The van der Waals surface area contributed by atoms with Crippen LogP contribution in [-0.4, -0.2) is 6.54 Å². The molecule has 2 aromatic rings. The Morgan fingerprint density at radius 3 is 2.63 bits per heavy atom. The molecule has 0 fully saturated rings. The summed E-state index contributed by atoms with van der Waals surface area (Å²) in [4.78, 5) is 0. The van der Waals surface area contributed by atoms with E-state index in [0.29, 0.717) is 17.2 Å². The molecule has 0 spiro atoms. The van der Waals surface area contributed by atoms with Gasteiger partial charge in [-0.3, -0.25) is 0 Å². The Bertz CT molecular complexity index is 585. The van der Waals surface area contributed by atoms with Crippen LogP contribution in [0.5, 0.6) is 0 Å². The normalized spacial score (nSPS) is 11.6. The van der Waals surface area contributed by atoms with Gasteiger partial charge in [0.05, 0.1) is 11.3 Å². The lowest BCUT2D eigenvalue weighted by Crippen LogP contribution is -2.10. The Morgan fingerprint density at radius 1 is 1.21 bits per heavy atom. The molecule has 1 unspecified atom stereocenters. The predicted molar refractivity (Wildman–Crippen MR) is 78.9 cm³/mol. The molecule has 3 nitrogen and oxygen atoms in total. The molecule has 0 radical (unpaired) electrons. The topological polar surface area (TPSA) is 61.8 Å².